The molecule has 36 heavy (non-hydrogen) atoms. The highest BCUT2D eigenvalue weighted by molar-refractivity contribution is 7.99. The topological polar surface area (TPSA) is 80.9 Å². The van der Waals surface area contributed by atoms with Crippen LogP contribution in [-0.2, 0) is 11.3 Å². The number of hydrogen-bond acceptors (Lipinski definition) is 6. The van der Waals surface area contributed by atoms with E-state index >= 15 is 0 Å². The number of amides is 1. The van der Waals surface area contributed by atoms with Gasteiger partial charge in [-0.1, -0.05) is 66.7 Å². The highest BCUT2D eigenvalue weighted by Gasteiger charge is 2.23. The predicted octanol–water partition coefficient (Wildman–Crippen LogP) is 4.87. The molecule has 0 aliphatic carbocycles. The van der Waals surface area contributed by atoms with E-state index in [2.05, 4.69) is 63.2 Å². The molecule has 8 nitrogen and oxygen atoms in total. The highest BCUT2D eigenvalue weighted by Crippen LogP contribution is 2.26. The van der Waals surface area contributed by atoms with E-state index in [1.807, 2.05) is 62.4 Å². The van der Waals surface area contributed by atoms with Crippen molar-refractivity contribution in [3.63, 3.8) is 0 Å². The van der Waals surface area contributed by atoms with Gasteiger partial charge in [0.2, 0.25) is 5.91 Å². The van der Waals surface area contributed by atoms with Crippen molar-refractivity contribution in [2.24, 2.45) is 0 Å². The Balaban J connectivity index is 1.52. The minimum atomic E-state index is -0.122. The third kappa shape index (κ3) is 6.03. The lowest BCUT2D eigenvalue weighted by molar-refractivity contribution is -0.113. The van der Waals surface area contributed by atoms with Crippen molar-refractivity contribution in [3.8, 4) is 5.69 Å². The van der Waals surface area contributed by atoms with Crippen LogP contribution in [-0.4, -0.2) is 55.2 Å². The molecule has 0 radical (unpaired) electrons. The molecule has 2 aromatic carbocycles. The average molecular weight is 504 g/mol. The molecule has 0 spiro atoms. The van der Waals surface area contributed by atoms with Crippen molar-refractivity contribution in [3.05, 3.63) is 83.3 Å². The second-order valence-electron chi connectivity index (χ2n) is 9.06. The zero-order valence-electron chi connectivity index (χ0n) is 21.5. The van der Waals surface area contributed by atoms with Crippen molar-refractivity contribution in [1.82, 2.24) is 29.4 Å². The van der Waals surface area contributed by atoms with Gasteiger partial charge >= 0.3 is 0 Å². The average Bonchev–Trinajstić information content (AvgIpc) is 3.42. The molecule has 0 saturated heterocycles. The summed E-state index contributed by atoms with van der Waals surface area (Å²) in [6.07, 6.45) is 0.910. The summed E-state index contributed by atoms with van der Waals surface area (Å²) >= 11 is 1.39. The molecule has 1 atom stereocenters. The molecule has 0 unspecified atom stereocenters. The van der Waals surface area contributed by atoms with E-state index in [0.29, 0.717) is 12.4 Å². The number of nitrogens with zero attached hydrogens (tertiary/aromatic N) is 6. The van der Waals surface area contributed by atoms with Gasteiger partial charge in [-0.3, -0.25) is 9.69 Å². The summed E-state index contributed by atoms with van der Waals surface area (Å²) in [6.45, 7) is 6.75. The number of carbonyl (C=O) groups excluding carboxylic acids is 1. The number of rotatable bonds is 10. The fourth-order valence-electron chi connectivity index (χ4n) is 4.13. The lowest BCUT2D eigenvalue weighted by Crippen LogP contribution is -2.23. The summed E-state index contributed by atoms with van der Waals surface area (Å²) in [6, 6.07) is 20.3. The maximum absolute atomic E-state index is 13.0. The van der Waals surface area contributed by atoms with E-state index in [-0.39, 0.29) is 17.7 Å². The first-order valence-corrected chi connectivity index (χ1v) is 13.0. The normalized spacial score (nSPS) is 12.2. The number of anilines is 1. The standard InChI is InChI=1S/C27H33N7OS/c1-6-23(32(4)5)26-29-30-27(33(26)17-21-10-8-7-9-11-21)36-18-25(35)28-24-16-20(3)31-34(24)22-14-12-19(2)13-15-22/h7-16,23H,6,17-18H2,1-5H3,(H,28,35)/t23-/m0/s1. The van der Waals surface area contributed by atoms with Gasteiger partial charge in [0.25, 0.3) is 0 Å². The van der Waals surface area contributed by atoms with Crippen LogP contribution in [0.2, 0.25) is 0 Å². The molecule has 1 N–H and O–H groups in total. The fraction of sp³-hybridized carbons (Fsp3) is 0.333. The lowest BCUT2D eigenvalue weighted by Gasteiger charge is -2.23. The van der Waals surface area contributed by atoms with E-state index in [1.165, 1.54) is 17.3 Å². The summed E-state index contributed by atoms with van der Waals surface area (Å²) in [5.74, 6) is 1.64. The van der Waals surface area contributed by atoms with Gasteiger partial charge in [0.15, 0.2) is 11.0 Å². The summed E-state index contributed by atoms with van der Waals surface area (Å²) in [5, 5.41) is 17.3. The highest BCUT2D eigenvalue weighted by atomic mass is 32.2. The molecule has 2 heterocycles. The number of carbonyl (C=O) groups is 1. The zero-order valence-corrected chi connectivity index (χ0v) is 22.3. The fourth-order valence-corrected chi connectivity index (χ4v) is 4.87. The minimum Gasteiger partial charge on any atom is -0.310 e. The molecule has 4 aromatic rings. The van der Waals surface area contributed by atoms with Crippen molar-refractivity contribution in [2.45, 2.75) is 44.9 Å². The van der Waals surface area contributed by atoms with Crippen molar-refractivity contribution in [2.75, 3.05) is 25.2 Å². The monoisotopic (exact) mass is 503 g/mol. The Morgan fingerprint density at radius 1 is 1.06 bits per heavy atom. The first-order valence-electron chi connectivity index (χ1n) is 12.1. The lowest BCUT2D eigenvalue weighted by atomic mass is 10.2. The van der Waals surface area contributed by atoms with Gasteiger partial charge in [-0.05, 0) is 52.1 Å². The van der Waals surface area contributed by atoms with Crippen LogP contribution in [0.4, 0.5) is 5.82 Å². The molecule has 0 bridgehead atoms. The van der Waals surface area contributed by atoms with Crippen LogP contribution in [0.15, 0.2) is 65.8 Å². The number of aryl methyl sites for hydroxylation is 2. The number of thioether (sulfide) groups is 1. The Hall–Kier alpha value is -3.43. The molecule has 0 fully saturated rings. The van der Waals surface area contributed by atoms with Crippen LogP contribution in [0.25, 0.3) is 5.69 Å². The summed E-state index contributed by atoms with van der Waals surface area (Å²) in [7, 11) is 4.10. The van der Waals surface area contributed by atoms with Crippen LogP contribution < -0.4 is 5.32 Å². The third-order valence-electron chi connectivity index (χ3n) is 5.95. The maximum Gasteiger partial charge on any atom is 0.236 e. The van der Waals surface area contributed by atoms with Crippen LogP contribution in [0.1, 0.15) is 42.0 Å². The van der Waals surface area contributed by atoms with Crippen LogP contribution >= 0.6 is 11.8 Å². The zero-order chi connectivity index (χ0) is 25.7. The van der Waals surface area contributed by atoms with E-state index in [1.54, 1.807) is 4.68 Å². The number of benzene rings is 2. The van der Waals surface area contributed by atoms with Crippen LogP contribution in [0.3, 0.4) is 0 Å². The molecule has 9 heteroatoms. The molecular formula is C27H33N7OS. The summed E-state index contributed by atoms with van der Waals surface area (Å²) in [4.78, 5) is 15.1. The molecular weight excluding hydrogens is 470 g/mol. The summed E-state index contributed by atoms with van der Waals surface area (Å²) in [5.41, 5.74) is 4.07. The van der Waals surface area contributed by atoms with Crippen LogP contribution in [0, 0.1) is 13.8 Å². The maximum atomic E-state index is 13.0. The van der Waals surface area contributed by atoms with Crippen molar-refractivity contribution < 1.29 is 4.79 Å². The Morgan fingerprint density at radius 3 is 2.44 bits per heavy atom. The Kier molecular flexibility index (Phi) is 8.22. The largest absolute Gasteiger partial charge is 0.310 e. The Bertz CT molecular complexity index is 1300. The Morgan fingerprint density at radius 2 is 1.78 bits per heavy atom. The first-order chi connectivity index (χ1) is 17.4. The first kappa shape index (κ1) is 25.7. The molecule has 188 valence electrons. The number of aromatic nitrogens is 5. The smallest absolute Gasteiger partial charge is 0.236 e. The molecule has 1 amide bonds. The third-order valence-corrected chi connectivity index (χ3v) is 6.91. The quantitative estimate of drug-likeness (QED) is 0.311. The van der Waals surface area contributed by atoms with Gasteiger partial charge in [0.05, 0.1) is 29.7 Å². The predicted molar refractivity (Wildman–Crippen MR) is 145 cm³/mol. The van der Waals surface area contributed by atoms with Crippen LogP contribution in [0.5, 0.6) is 0 Å². The second kappa shape index (κ2) is 11.5. The molecule has 4 rings (SSSR count). The van der Waals surface area contributed by atoms with Gasteiger partial charge < -0.3 is 9.88 Å². The van der Waals surface area contributed by atoms with E-state index in [4.69, 9.17) is 0 Å². The minimum absolute atomic E-state index is 0.122. The van der Waals surface area contributed by atoms with E-state index < -0.39 is 0 Å². The van der Waals surface area contributed by atoms with Gasteiger partial charge in [-0.2, -0.15) is 5.10 Å². The van der Waals surface area contributed by atoms with Gasteiger partial charge in [-0.25, -0.2) is 4.68 Å². The van der Waals surface area contributed by atoms with Crippen molar-refractivity contribution in [1.29, 1.82) is 0 Å². The second-order valence-corrected chi connectivity index (χ2v) is 10.00. The molecule has 0 saturated carbocycles. The molecule has 0 aliphatic heterocycles. The molecule has 2 aromatic heterocycles. The SMILES string of the molecule is CC[C@@H](c1nnc(SCC(=O)Nc2cc(C)nn2-c2ccc(C)cc2)n1Cc1ccccc1)N(C)C. The van der Waals surface area contributed by atoms with E-state index in [9.17, 15) is 4.79 Å². The number of hydrogen-bond donors (Lipinski definition) is 1. The van der Waals surface area contributed by atoms with E-state index in [0.717, 1.165) is 34.3 Å². The molecule has 0 aliphatic rings. The van der Waals surface area contributed by atoms with Gasteiger partial charge in [0.1, 0.15) is 5.82 Å². The number of nitrogens with one attached hydrogen (secondary N) is 1. The Labute approximate surface area is 216 Å². The van der Waals surface area contributed by atoms with Gasteiger partial charge in [0, 0.05) is 6.07 Å². The summed E-state index contributed by atoms with van der Waals surface area (Å²) < 4.78 is 3.89. The van der Waals surface area contributed by atoms with Gasteiger partial charge in [-0.15, -0.1) is 10.2 Å². The van der Waals surface area contributed by atoms with Crippen molar-refractivity contribution >= 4 is 23.5 Å².